The standard InChI is InChI=1S/C32H45FN2O9Si/c1-19-23(14-11-20-9-12-22(13-10-20)34-31(41)29-27(39)26(38)28(40)32(42)44-29)43-24(30(19)45(2,3)33)17-25(37)35(15-16-36)18-21-7-5-4-6-8-21/h4-10,12-13,19,23-24,26-30,32,36,38-40,42H,11,14-18H2,1-3H3,(H,34,41)/t19-,23+,24-,26+,27+,28-,29+,30+,32-/m1/s1. The van der Waals surface area contributed by atoms with E-state index in [0.717, 1.165) is 11.1 Å². The van der Waals surface area contributed by atoms with E-state index in [9.17, 15) is 35.1 Å². The Kier molecular flexibility index (Phi) is 11.9. The summed E-state index contributed by atoms with van der Waals surface area (Å²) in [5.74, 6) is -1.07. The molecule has 4 rings (SSSR count). The number of hydrogen-bond donors (Lipinski definition) is 6. The quantitative estimate of drug-likeness (QED) is 0.148. The highest BCUT2D eigenvalue weighted by molar-refractivity contribution is 6.72. The maximum absolute atomic E-state index is 15.6. The molecule has 6 N–H and O–H groups in total. The van der Waals surface area contributed by atoms with Crippen molar-refractivity contribution in [3.05, 3.63) is 65.7 Å². The number of halogens is 1. The smallest absolute Gasteiger partial charge is 0.256 e. The van der Waals surface area contributed by atoms with Gasteiger partial charge >= 0.3 is 0 Å². The summed E-state index contributed by atoms with van der Waals surface area (Å²) in [5.41, 5.74) is 1.91. The molecule has 13 heteroatoms. The maximum Gasteiger partial charge on any atom is 0.256 e. The minimum atomic E-state index is -3.21. The number of anilines is 1. The van der Waals surface area contributed by atoms with Crippen molar-refractivity contribution in [3.63, 3.8) is 0 Å². The van der Waals surface area contributed by atoms with E-state index in [1.54, 1.807) is 30.1 Å². The number of amides is 2. The van der Waals surface area contributed by atoms with Crippen LogP contribution in [0.15, 0.2) is 54.6 Å². The normalized spacial score (nSPS) is 30.2. The number of nitrogens with one attached hydrogen (secondary N) is 1. The molecule has 2 aromatic carbocycles. The molecule has 2 amide bonds. The van der Waals surface area contributed by atoms with Crippen LogP contribution in [0.5, 0.6) is 0 Å². The first-order valence-electron chi connectivity index (χ1n) is 15.3. The van der Waals surface area contributed by atoms with Crippen molar-refractivity contribution in [2.45, 2.75) is 94.3 Å². The molecule has 0 aromatic heterocycles. The number of nitrogens with zero attached hydrogens (tertiary/aromatic N) is 1. The predicted molar refractivity (Wildman–Crippen MR) is 166 cm³/mol. The van der Waals surface area contributed by atoms with Gasteiger partial charge in [-0.15, -0.1) is 0 Å². The van der Waals surface area contributed by atoms with Crippen molar-refractivity contribution >= 4 is 25.9 Å². The van der Waals surface area contributed by atoms with E-state index in [0.29, 0.717) is 25.1 Å². The molecule has 11 nitrogen and oxygen atoms in total. The van der Waals surface area contributed by atoms with Gasteiger partial charge in [0.05, 0.1) is 25.2 Å². The molecule has 0 unspecified atom stereocenters. The van der Waals surface area contributed by atoms with Gasteiger partial charge in [-0.05, 0) is 55.1 Å². The van der Waals surface area contributed by atoms with Crippen LogP contribution >= 0.6 is 0 Å². The lowest BCUT2D eigenvalue weighted by Crippen LogP contribution is -2.60. The molecule has 2 aromatic rings. The molecule has 2 aliphatic rings. The van der Waals surface area contributed by atoms with Gasteiger partial charge in [0.1, 0.15) is 18.3 Å². The highest BCUT2D eigenvalue weighted by atomic mass is 28.4. The summed E-state index contributed by atoms with van der Waals surface area (Å²) >= 11 is 0. The third kappa shape index (κ3) is 8.74. The van der Waals surface area contributed by atoms with Crippen LogP contribution < -0.4 is 5.32 Å². The summed E-state index contributed by atoms with van der Waals surface area (Å²) < 4.78 is 27.0. The van der Waals surface area contributed by atoms with Crippen LogP contribution in [0.4, 0.5) is 9.80 Å². The van der Waals surface area contributed by atoms with E-state index in [4.69, 9.17) is 9.47 Å². The Hall–Kier alpha value is -2.75. The van der Waals surface area contributed by atoms with Gasteiger partial charge in [-0.1, -0.05) is 49.4 Å². The number of aryl methyl sites for hydroxylation is 1. The summed E-state index contributed by atoms with van der Waals surface area (Å²) in [6.45, 7) is 5.65. The Morgan fingerprint density at radius 1 is 0.911 bits per heavy atom. The Balaban J connectivity index is 1.35. The summed E-state index contributed by atoms with van der Waals surface area (Å²) in [6, 6.07) is 16.5. The Morgan fingerprint density at radius 3 is 2.20 bits per heavy atom. The number of aliphatic hydroxyl groups is 5. The van der Waals surface area contributed by atoms with E-state index in [1.165, 1.54) is 0 Å². The molecule has 2 saturated heterocycles. The molecule has 0 aliphatic carbocycles. The number of benzene rings is 2. The highest BCUT2D eigenvalue weighted by Gasteiger charge is 2.51. The average Bonchev–Trinajstić information content (AvgIpc) is 3.32. The SMILES string of the molecule is C[C@H]1[C@H]([Si](C)(C)F)[C@@H](CC(=O)N(CCO)Cc2ccccc2)O[C@H]1CCc1ccc(NC(=O)[C@H]2O[C@@H](O)[C@H](O)[C@@H](O)[C@@H]2O)cc1. The van der Waals surface area contributed by atoms with E-state index >= 15 is 4.11 Å². The first-order chi connectivity index (χ1) is 21.3. The van der Waals surface area contributed by atoms with Gasteiger partial charge in [0.2, 0.25) is 14.3 Å². The number of carbonyl (C=O) groups is 2. The van der Waals surface area contributed by atoms with Crippen molar-refractivity contribution < 1.29 is 48.7 Å². The molecule has 45 heavy (non-hydrogen) atoms. The fourth-order valence-electron chi connectivity index (χ4n) is 6.45. The van der Waals surface area contributed by atoms with Crippen LogP contribution in [0.3, 0.4) is 0 Å². The van der Waals surface area contributed by atoms with Gasteiger partial charge in [0, 0.05) is 24.3 Å². The minimum Gasteiger partial charge on any atom is -0.395 e. The van der Waals surface area contributed by atoms with E-state index in [2.05, 4.69) is 5.32 Å². The molecular formula is C32H45FN2O9Si. The largest absolute Gasteiger partial charge is 0.395 e. The number of rotatable bonds is 12. The Bertz CT molecular complexity index is 1270. The molecule has 2 fully saturated rings. The lowest BCUT2D eigenvalue weighted by molar-refractivity contribution is -0.274. The van der Waals surface area contributed by atoms with Gasteiger partial charge in [0.15, 0.2) is 12.4 Å². The Morgan fingerprint density at radius 2 is 1.58 bits per heavy atom. The van der Waals surface area contributed by atoms with Crippen molar-refractivity contribution in [1.82, 2.24) is 4.90 Å². The first kappa shape index (κ1) is 35.1. The van der Waals surface area contributed by atoms with Crippen molar-refractivity contribution in [1.29, 1.82) is 0 Å². The molecule has 0 radical (unpaired) electrons. The van der Waals surface area contributed by atoms with E-state index < -0.39 is 51.1 Å². The molecule has 0 saturated carbocycles. The number of ether oxygens (including phenoxy) is 2. The third-order valence-corrected chi connectivity index (χ3v) is 11.3. The molecule has 2 aliphatic heterocycles. The second-order valence-corrected chi connectivity index (χ2v) is 16.3. The molecular weight excluding hydrogens is 603 g/mol. The zero-order chi connectivity index (χ0) is 32.9. The lowest BCUT2D eigenvalue weighted by Gasteiger charge is -2.37. The number of aliphatic hydroxyl groups excluding tert-OH is 5. The number of carbonyl (C=O) groups excluding carboxylic acids is 2. The van der Waals surface area contributed by atoms with Crippen LogP contribution in [0.2, 0.25) is 18.6 Å². The maximum atomic E-state index is 15.6. The van der Waals surface area contributed by atoms with Gasteiger partial charge in [-0.25, -0.2) is 0 Å². The summed E-state index contributed by atoms with van der Waals surface area (Å²) in [7, 11) is -3.21. The van der Waals surface area contributed by atoms with Crippen molar-refractivity contribution in [2.75, 3.05) is 18.5 Å². The van der Waals surface area contributed by atoms with Crippen LogP contribution in [-0.4, -0.2) is 107 Å². The number of hydrogen-bond acceptors (Lipinski definition) is 9. The zero-order valence-electron chi connectivity index (χ0n) is 25.8. The Labute approximate surface area is 263 Å². The summed E-state index contributed by atoms with van der Waals surface area (Å²) in [4.78, 5) is 27.6. The van der Waals surface area contributed by atoms with Crippen LogP contribution in [0.1, 0.15) is 30.9 Å². The van der Waals surface area contributed by atoms with Gasteiger partial charge in [-0.2, -0.15) is 0 Å². The third-order valence-electron chi connectivity index (χ3n) is 8.80. The van der Waals surface area contributed by atoms with Crippen LogP contribution in [0.25, 0.3) is 0 Å². The van der Waals surface area contributed by atoms with Gasteiger partial charge in [0.25, 0.3) is 5.91 Å². The van der Waals surface area contributed by atoms with Crippen LogP contribution in [-0.2, 0) is 32.0 Å². The van der Waals surface area contributed by atoms with E-state index in [-0.39, 0.29) is 43.0 Å². The first-order valence-corrected chi connectivity index (χ1v) is 18.3. The molecule has 9 atom stereocenters. The second kappa shape index (κ2) is 15.2. The monoisotopic (exact) mass is 648 g/mol. The average molecular weight is 649 g/mol. The highest BCUT2D eigenvalue weighted by Crippen LogP contribution is 2.47. The fourth-order valence-corrected chi connectivity index (χ4v) is 8.99. The zero-order valence-corrected chi connectivity index (χ0v) is 26.8. The predicted octanol–water partition coefficient (Wildman–Crippen LogP) is 1.72. The van der Waals surface area contributed by atoms with E-state index in [1.807, 2.05) is 49.4 Å². The topological polar surface area (TPSA) is 169 Å². The fraction of sp³-hybridized carbons (Fsp3) is 0.562. The van der Waals surface area contributed by atoms with Crippen LogP contribution in [0, 0.1) is 5.92 Å². The lowest BCUT2D eigenvalue weighted by atomic mass is 9.95. The second-order valence-electron chi connectivity index (χ2n) is 12.5. The molecule has 2 heterocycles. The summed E-state index contributed by atoms with van der Waals surface area (Å²) in [5, 5.41) is 51.4. The molecule has 248 valence electrons. The molecule has 0 spiro atoms. The van der Waals surface area contributed by atoms with Crippen molar-refractivity contribution in [3.8, 4) is 0 Å². The van der Waals surface area contributed by atoms with Crippen molar-refractivity contribution in [2.24, 2.45) is 5.92 Å². The van der Waals surface area contributed by atoms with Gasteiger partial charge in [-0.3, -0.25) is 9.59 Å². The van der Waals surface area contributed by atoms with Gasteiger partial charge < -0.3 is 49.3 Å². The minimum absolute atomic E-state index is 0.0412. The molecule has 0 bridgehead atoms. The summed E-state index contributed by atoms with van der Waals surface area (Å²) in [6.07, 6.45) is -8.18.